The normalized spacial score (nSPS) is 15.6. The van der Waals surface area contributed by atoms with Crippen molar-refractivity contribution in [2.45, 2.75) is 25.8 Å². The third-order valence-corrected chi connectivity index (χ3v) is 8.43. The highest BCUT2D eigenvalue weighted by molar-refractivity contribution is 9.10. The molecular formula is C22H25BrN4O4S2. The fraction of sp³-hybridized carbons (Fsp3) is 0.409. The minimum atomic E-state index is -0.930. The molecule has 1 aromatic carbocycles. The van der Waals surface area contributed by atoms with E-state index in [-0.39, 0.29) is 11.9 Å². The van der Waals surface area contributed by atoms with Gasteiger partial charge in [-0.15, -0.1) is 22.7 Å². The number of hydrogen-bond donors (Lipinski definition) is 3. The highest BCUT2D eigenvalue weighted by atomic mass is 79.9. The van der Waals surface area contributed by atoms with Gasteiger partial charge in [0.2, 0.25) is 5.91 Å². The van der Waals surface area contributed by atoms with Crippen molar-refractivity contribution in [2.75, 3.05) is 38.7 Å². The minimum Gasteiger partial charge on any atom is -0.465 e. The van der Waals surface area contributed by atoms with Crippen LogP contribution in [-0.4, -0.2) is 60.3 Å². The van der Waals surface area contributed by atoms with Crippen LogP contribution in [-0.2, 0) is 16.0 Å². The second kappa shape index (κ2) is 10.5. The van der Waals surface area contributed by atoms with E-state index >= 15 is 0 Å². The highest BCUT2D eigenvalue weighted by Crippen LogP contribution is 2.48. The molecule has 0 radical (unpaired) electrons. The predicted molar refractivity (Wildman–Crippen MR) is 135 cm³/mol. The van der Waals surface area contributed by atoms with Crippen LogP contribution in [0.1, 0.15) is 29.8 Å². The second-order valence-corrected chi connectivity index (χ2v) is 10.7. The van der Waals surface area contributed by atoms with Gasteiger partial charge in [0.1, 0.15) is 10.0 Å². The first-order valence-corrected chi connectivity index (χ1v) is 13.0. The maximum absolute atomic E-state index is 12.7. The summed E-state index contributed by atoms with van der Waals surface area (Å²) < 4.78 is 7.02. The zero-order valence-corrected chi connectivity index (χ0v) is 21.5. The molecule has 0 aliphatic carbocycles. The summed E-state index contributed by atoms with van der Waals surface area (Å²) >= 11 is 6.54. The Balaban J connectivity index is 1.67. The van der Waals surface area contributed by atoms with Crippen molar-refractivity contribution in [1.29, 1.82) is 0 Å². The molecule has 11 heteroatoms. The van der Waals surface area contributed by atoms with Crippen molar-refractivity contribution in [2.24, 2.45) is 0 Å². The first kappa shape index (κ1) is 24.1. The molecule has 3 N–H and O–H groups in total. The van der Waals surface area contributed by atoms with Gasteiger partial charge in [0.25, 0.3) is 0 Å². The number of carbonyl (C=O) groups is 2. The summed E-state index contributed by atoms with van der Waals surface area (Å²) in [4.78, 5) is 31.7. The first-order chi connectivity index (χ1) is 15.9. The van der Waals surface area contributed by atoms with Crippen molar-refractivity contribution in [3.05, 3.63) is 33.1 Å². The van der Waals surface area contributed by atoms with Crippen molar-refractivity contribution < 1.29 is 19.4 Å². The van der Waals surface area contributed by atoms with E-state index in [1.165, 1.54) is 16.2 Å². The summed E-state index contributed by atoms with van der Waals surface area (Å²) in [6, 6.07) is 5.71. The molecule has 0 bridgehead atoms. The Morgan fingerprint density at radius 1 is 1.33 bits per heavy atom. The first-order valence-electron chi connectivity index (χ1n) is 10.6. The number of rotatable bonds is 8. The topological polar surface area (TPSA) is 104 Å². The van der Waals surface area contributed by atoms with Gasteiger partial charge in [-0.1, -0.05) is 15.9 Å². The molecule has 1 aliphatic heterocycles. The Morgan fingerprint density at radius 3 is 2.91 bits per heavy atom. The largest absolute Gasteiger partial charge is 0.465 e. The number of methoxy groups -OCH3 is 1. The van der Waals surface area contributed by atoms with E-state index < -0.39 is 6.09 Å². The lowest BCUT2D eigenvalue weighted by Gasteiger charge is -2.31. The minimum absolute atomic E-state index is 0.0913. The van der Waals surface area contributed by atoms with Crippen LogP contribution in [0.3, 0.4) is 0 Å². The standard InChI is InChI=1S/C22H25BrN4O4S2/c1-12-19-14(6-9-27(12)22(29)30)18(20-25-15-11-13(23)3-4-16(15)32-20)21(33-19)26-17(28)5-7-24-8-10-31-2/h3-4,11-12,24H,5-10H2,1-2H3,(H,26,28)(H,29,30). The summed E-state index contributed by atoms with van der Waals surface area (Å²) in [5, 5.41) is 17.4. The number of thiazole rings is 1. The summed E-state index contributed by atoms with van der Waals surface area (Å²) in [5.41, 5.74) is 2.89. The number of amides is 2. The van der Waals surface area contributed by atoms with Gasteiger partial charge in [-0.3, -0.25) is 4.79 Å². The van der Waals surface area contributed by atoms with Gasteiger partial charge in [0.15, 0.2) is 0 Å². The lowest BCUT2D eigenvalue weighted by molar-refractivity contribution is -0.116. The smallest absolute Gasteiger partial charge is 0.407 e. The average molecular weight is 554 g/mol. The number of anilines is 1. The van der Waals surface area contributed by atoms with Gasteiger partial charge in [0, 0.05) is 48.1 Å². The molecule has 0 spiro atoms. The van der Waals surface area contributed by atoms with E-state index in [2.05, 4.69) is 26.6 Å². The third-order valence-electron chi connectivity index (χ3n) is 5.56. The molecule has 3 heterocycles. The summed E-state index contributed by atoms with van der Waals surface area (Å²) in [6.45, 7) is 4.14. The Bertz CT molecular complexity index is 1180. The molecule has 0 saturated carbocycles. The van der Waals surface area contributed by atoms with E-state index in [0.29, 0.717) is 39.1 Å². The summed E-state index contributed by atoms with van der Waals surface area (Å²) in [6.07, 6.45) is -0.0121. The maximum Gasteiger partial charge on any atom is 0.407 e. The molecule has 4 rings (SSSR count). The molecule has 2 aromatic heterocycles. The molecule has 0 fully saturated rings. The van der Waals surface area contributed by atoms with E-state index in [1.54, 1.807) is 18.4 Å². The van der Waals surface area contributed by atoms with E-state index in [1.807, 2.05) is 25.1 Å². The fourth-order valence-electron chi connectivity index (χ4n) is 3.91. The van der Waals surface area contributed by atoms with E-state index in [0.717, 1.165) is 40.7 Å². The Hall–Kier alpha value is -2.05. The van der Waals surface area contributed by atoms with Crippen LogP contribution < -0.4 is 10.6 Å². The van der Waals surface area contributed by atoms with Crippen molar-refractivity contribution in [1.82, 2.24) is 15.2 Å². The number of thiophene rings is 1. The van der Waals surface area contributed by atoms with Gasteiger partial charge in [0.05, 0.1) is 22.9 Å². The van der Waals surface area contributed by atoms with Crippen LogP contribution in [0.5, 0.6) is 0 Å². The molecule has 1 aliphatic rings. The Kier molecular flexibility index (Phi) is 7.65. The molecule has 1 atom stereocenters. The summed E-state index contributed by atoms with van der Waals surface area (Å²) in [5.74, 6) is -0.0913. The van der Waals surface area contributed by atoms with Crippen LogP contribution in [0.25, 0.3) is 20.8 Å². The number of nitrogens with zero attached hydrogens (tertiary/aromatic N) is 2. The summed E-state index contributed by atoms with van der Waals surface area (Å²) in [7, 11) is 1.64. The lowest BCUT2D eigenvalue weighted by atomic mass is 9.98. The van der Waals surface area contributed by atoms with Gasteiger partial charge >= 0.3 is 6.09 Å². The molecule has 2 amide bonds. The number of halogens is 1. The number of carboxylic acid groups (broad SMARTS) is 1. The van der Waals surface area contributed by atoms with Crippen molar-refractivity contribution in [3.8, 4) is 10.6 Å². The molecule has 33 heavy (non-hydrogen) atoms. The van der Waals surface area contributed by atoms with Crippen LogP contribution in [0.4, 0.5) is 9.80 Å². The SMILES string of the molecule is COCCNCCC(=O)Nc1sc2c(c1-c1nc3cc(Br)ccc3s1)CCN(C(=O)O)C2C. The van der Waals surface area contributed by atoms with Crippen LogP contribution in [0, 0.1) is 0 Å². The van der Waals surface area contributed by atoms with Gasteiger partial charge in [-0.25, -0.2) is 9.78 Å². The number of benzene rings is 1. The molecule has 176 valence electrons. The molecule has 8 nitrogen and oxygen atoms in total. The quantitative estimate of drug-likeness (QED) is 0.341. The fourth-order valence-corrected chi connectivity index (χ4v) is 6.68. The third kappa shape index (κ3) is 5.22. The zero-order valence-electron chi connectivity index (χ0n) is 18.3. The monoisotopic (exact) mass is 552 g/mol. The van der Waals surface area contributed by atoms with E-state index in [4.69, 9.17) is 9.72 Å². The van der Waals surface area contributed by atoms with Gasteiger partial charge in [-0.05, 0) is 37.1 Å². The zero-order chi connectivity index (χ0) is 23.5. The van der Waals surface area contributed by atoms with Gasteiger partial charge in [-0.2, -0.15) is 0 Å². The maximum atomic E-state index is 12.7. The van der Waals surface area contributed by atoms with Crippen LogP contribution >= 0.6 is 38.6 Å². The highest BCUT2D eigenvalue weighted by Gasteiger charge is 2.34. The van der Waals surface area contributed by atoms with E-state index in [9.17, 15) is 14.7 Å². The second-order valence-electron chi connectivity index (χ2n) is 7.72. The molecule has 1 unspecified atom stereocenters. The van der Waals surface area contributed by atoms with Crippen molar-refractivity contribution >= 4 is 65.8 Å². The average Bonchev–Trinajstić information content (AvgIpc) is 3.34. The number of nitrogens with one attached hydrogen (secondary N) is 2. The molecule has 0 saturated heterocycles. The number of ether oxygens (including phenoxy) is 1. The Labute approximate surface area is 208 Å². The Morgan fingerprint density at radius 2 is 2.15 bits per heavy atom. The number of hydrogen-bond acceptors (Lipinski definition) is 7. The number of aromatic nitrogens is 1. The van der Waals surface area contributed by atoms with Crippen LogP contribution in [0.15, 0.2) is 22.7 Å². The van der Waals surface area contributed by atoms with Gasteiger partial charge < -0.3 is 25.4 Å². The predicted octanol–water partition coefficient (Wildman–Crippen LogP) is 4.95. The molecular weight excluding hydrogens is 528 g/mol. The van der Waals surface area contributed by atoms with Crippen LogP contribution in [0.2, 0.25) is 0 Å². The lowest BCUT2D eigenvalue weighted by Crippen LogP contribution is -2.37. The van der Waals surface area contributed by atoms with Crippen molar-refractivity contribution in [3.63, 3.8) is 0 Å². The number of fused-ring (bicyclic) bond motifs is 2. The molecule has 3 aromatic rings. The number of carbonyl (C=O) groups excluding carboxylic acids is 1.